The number of benzene rings is 2. The summed E-state index contributed by atoms with van der Waals surface area (Å²) < 4.78 is 5.44. The largest absolute Gasteiger partial charge is 0.479 e. The number of aliphatic carboxylic acids is 1. The minimum absolute atomic E-state index is 0.199. The van der Waals surface area contributed by atoms with E-state index in [-0.39, 0.29) is 5.91 Å². The van der Waals surface area contributed by atoms with Crippen molar-refractivity contribution in [3.63, 3.8) is 0 Å². The van der Waals surface area contributed by atoms with Crippen molar-refractivity contribution in [1.29, 1.82) is 0 Å². The lowest BCUT2D eigenvalue weighted by atomic mass is 10.2. The molecular formula is C21H20N2O4S. The summed E-state index contributed by atoms with van der Waals surface area (Å²) in [7, 11) is 0. The second-order valence-corrected chi connectivity index (χ2v) is 7.22. The molecule has 0 bridgehead atoms. The number of rotatable bonds is 6. The van der Waals surface area contributed by atoms with Gasteiger partial charge in [-0.25, -0.2) is 9.79 Å². The first-order chi connectivity index (χ1) is 13.5. The summed E-state index contributed by atoms with van der Waals surface area (Å²) in [6, 6.07) is 14.7. The SMILES string of the molecule is CCC(Oc1ccc(/C=C2/SC(=Nc3ccccc3C)NC2=O)cc1)C(=O)O. The number of carboxylic acid groups (broad SMARTS) is 1. The monoisotopic (exact) mass is 396 g/mol. The van der Waals surface area contributed by atoms with E-state index in [2.05, 4.69) is 10.3 Å². The summed E-state index contributed by atoms with van der Waals surface area (Å²) in [6.45, 7) is 3.72. The molecule has 1 unspecified atom stereocenters. The molecule has 1 aliphatic rings. The first-order valence-corrected chi connectivity index (χ1v) is 9.62. The minimum Gasteiger partial charge on any atom is -0.479 e. The molecule has 0 spiro atoms. The lowest BCUT2D eigenvalue weighted by Crippen LogP contribution is -2.25. The van der Waals surface area contributed by atoms with Crippen molar-refractivity contribution in [2.45, 2.75) is 26.4 Å². The molecule has 1 aliphatic heterocycles. The van der Waals surface area contributed by atoms with Crippen LogP contribution in [0.15, 0.2) is 58.4 Å². The molecule has 28 heavy (non-hydrogen) atoms. The number of amidine groups is 1. The van der Waals surface area contributed by atoms with Gasteiger partial charge in [0.15, 0.2) is 11.3 Å². The quantitative estimate of drug-likeness (QED) is 0.717. The van der Waals surface area contributed by atoms with Gasteiger partial charge in [-0.3, -0.25) is 4.79 Å². The molecule has 1 heterocycles. The van der Waals surface area contributed by atoms with Gasteiger partial charge in [0, 0.05) is 0 Å². The Bertz CT molecular complexity index is 951. The van der Waals surface area contributed by atoms with E-state index in [0.29, 0.717) is 22.2 Å². The number of para-hydroxylation sites is 1. The lowest BCUT2D eigenvalue weighted by molar-refractivity contribution is -0.145. The number of nitrogens with zero attached hydrogens (tertiary/aromatic N) is 1. The number of carboxylic acids is 1. The molecule has 2 N–H and O–H groups in total. The zero-order valence-electron chi connectivity index (χ0n) is 15.5. The van der Waals surface area contributed by atoms with E-state index < -0.39 is 12.1 Å². The average Bonchev–Trinajstić information content (AvgIpc) is 3.01. The average molecular weight is 396 g/mol. The maximum atomic E-state index is 12.2. The first-order valence-electron chi connectivity index (χ1n) is 8.81. The fourth-order valence-electron chi connectivity index (χ4n) is 2.55. The number of hydrogen-bond donors (Lipinski definition) is 2. The molecule has 0 aliphatic carbocycles. The Labute approximate surface area is 167 Å². The molecule has 6 nitrogen and oxygen atoms in total. The summed E-state index contributed by atoms with van der Waals surface area (Å²) in [5.41, 5.74) is 2.66. The highest BCUT2D eigenvalue weighted by Gasteiger charge is 2.24. The maximum absolute atomic E-state index is 12.2. The van der Waals surface area contributed by atoms with E-state index in [9.17, 15) is 9.59 Å². The fraction of sp³-hybridized carbons (Fsp3) is 0.190. The predicted molar refractivity (Wildman–Crippen MR) is 111 cm³/mol. The molecule has 0 saturated carbocycles. The Balaban J connectivity index is 1.72. The van der Waals surface area contributed by atoms with Gasteiger partial charge in [0.25, 0.3) is 5.91 Å². The third kappa shape index (κ3) is 4.80. The number of aliphatic imine (C=N–C) groups is 1. The van der Waals surface area contributed by atoms with E-state index in [1.54, 1.807) is 37.3 Å². The third-order valence-electron chi connectivity index (χ3n) is 4.09. The van der Waals surface area contributed by atoms with Crippen LogP contribution in [0.25, 0.3) is 6.08 Å². The van der Waals surface area contributed by atoms with E-state index in [0.717, 1.165) is 16.8 Å². The van der Waals surface area contributed by atoms with Crippen LogP contribution in [0.1, 0.15) is 24.5 Å². The molecular weight excluding hydrogens is 376 g/mol. The van der Waals surface area contributed by atoms with Crippen LogP contribution in [-0.2, 0) is 9.59 Å². The van der Waals surface area contributed by atoms with Crippen LogP contribution in [0.2, 0.25) is 0 Å². The van der Waals surface area contributed by atoms with E-state index >= 15 is 0 Å². The second kappa shape index (κ2) is 8.75. The summed E-state index contributed by atoms with van der Waals surface area (Å²) in [5.74, 6) is -0.718. The van der Waals surface area contributed by atoms with Crippen molar-refractivity contribution in [3.8, 4) is 5.75 Å². The highest BCUT2D eigenvalue weighted by Crippen LogP contribution is 2.29. The van der Waals surface area contributed by atoms with Crippen LogP contribution in [0.5, 0.6) is 5.75 Å². The number of carbonyl (C=O) groups is 2. The van der Waals surface area contributed by atoms with Crippen molar-refractivity contribution in [1.82, 2.24) is 5.32 Å². The Morgan fingerprint density at radius 2 is 1.96 bits per heavy atom. The Hall–Kier alpha value is -3.06. The van der Waals surface area contributed by atoms with Gasteiger partial charge in [-0.1, -0.05) is 37.3 Å². The lowest BCUT2D eigenvalue weighted by Gasteiger charge is -2.13. The van der Waals surface area contributed by atoms with Gasteiger partial charge in [0.05, 0.1) is 10.6 Å². The number of amides is 1. The summed E-state index contributed by atoms with van der Waals surface area (Å²) in [4.78, 5) is 28.3. The molecule has 0 aromatic heterocycles. The first kappa shape index (κ1) is 19.7. The second-order valence-electron chi connectivity index (χ2n) is 6.19. The predicted octanol–water partition coefficient (Wildman–Crippen LogP) is 4.13. The molecule has 1 amide bonds. The topological polar surface area (TPSA) is 88.0 Å². The van der Waals surface area contributed by atoms with Crippen LogP contribution in [0.3, 0.4) is 0 Å². The van der Waals surface area contributed by atoms with Gasteiger partial charge in [-0.05, 0) is 60.5 Å². The van der Waals surface area contributed by atoms with Crippen molar-refractivity contribution in [2.24, 2.45) is 4.99 Å². The fourth-order valence-corrected chi connectivity index (χ4v) is 3.38. The van der Waals surface area contributed by atoms with Gasteiger partial charge in [0.1, 0.15) is 5.75 Å². The summed E-state index contributed by atoms with van der Waals surface area (Å²) >= 11 is 1.28. The van der Waals surface area contributed by atoms with E-state index in [4.69, 9.17) is 9.84 Å². The Morgan fingerprint density at radius 1 is 1.25 bits per heavy atom. The molecule has 2 aromatic rings. The Kier molecular flexibility index (Phi) is 6.16. The maximum Gasteiger partial charge on any atom is 0.344 e. The van der Waals surface area contributed by atoms with E-state index in [1.807, 2.05) is 31.2 Å². The molecule has 7 heteroatoms. The molecule has 1 atom stereocenters. The molecule has 2 aromatic carbocycles. The smallest absolute Gasteiger partial charge is 0.344 e. The van der Waals surface area contributed by atoms with Crippen LogP contribution in [0.4, 0.5) is 5.69 Å². The van der Waals surface area contributed by atoms with Gasteiger partial charge in [0.2, 0.25) is 0 Å². The number of carbonyl (C=O) groups excluding carboxylic acids is 1. The third-order valence-corrected chi connectivity index (χ3v) is 5.00. The van der Waals surface area contributed by atoms with Gasteiger partial charge < -0.3 is 15.2 Å². The molecule has 144 valence electrons. The van der Waals surface area contributed by atoms with Crippen molar-refractivity contribution in [2.75, 3.05) is 0 Å². The zero-order chi connectivity index (χ0) is 20.1. The number of hydrogen-bond acceptors (Lipinski definition) is 5. The van der Waals surface area contributed by atoms with Crippen LogP contribution in [0, 0.1) is 6.92 Å². The standard InChI is InChI=1S/C21H20N2O4S/c1-3-17(20(25)26)27-15-10-8-14(9-11-15)12-18-19(24)23-21(28-18)22-16-7-5-4-6-13(16)2/h4-12,17H,3H2,1-2H3,(H,25,26)(H,22,23,24)/b18-12+. The van der Waals surface area contributed by atoms with Crippen LogP contribution >= 0.6 is 11.8 Å². The number of aryl methyl sites for hydroxylation is 1. The highest BCUT2D eigenvalue weighted by molar-refractivity contribution is 8.18. The van der Waals surface area contributed by atoms with Crippen LogP contribution < -0.4 is 10.1 Å². The highest BCUT2D eigenvalue weighted by atomic mass is 32.2. The Morgan fingerprint density at radius 3 is 2.61 bits per heavy atom. The van der Waals surface area contributed by atoms with Crippen molar-refractivity contribution >= 4 is 40.6 Å². The van der Waals surface area contributed by atoms with Gasteiger partial charge in [-0.15, -0.1) is 0 Å². The molecule has 0 radical (unpaired) electrons. The van der Waals surface area contributed by atoms with Gasteiger partial charge in [-0.2, -0.15) is 0 Å². The summed E-state index contributed by atoms with van der Waals surface area (Å²) in [5, 5.41) is 12.4. The van der Waals surface area contributed by atoms with Crippen molar-refractivity contribution in [3.05, 3.63) is 64.6 Å². The minimum atomic E-state index is -0.992. The van der Waals surface area contributed by atoms with E-state index in [1.165, 1.54) is 11.8 Å². The van der Waals surface area contributed by atoms with Gasteiger partial charge >= 0.3 is 5.97 Å². The summed E-state index contributed by atoms with van der Waals surface area (Å²) in [6.07, 6.45) is 1.26. The normalized spacial score (nSPS) is 17.6. The zero-order valence-corrected chi connectivity index (χ0v) is 16.3. The number of ether oxygens (including phenoxy) is 1. The van der Waals surface area contributed by atoms with Crippen LogP contribution in [-0.4, -0.2) is 28.3 Å². The number of nitrogens with one attached hydrogen (secondary N) is 1. The van der Waals surface area contributed by atoms with Crippen molar-refractivity contribution < 1.29 is 19.4 Å². The molecule has 1 saturated heterocycles. The molecule has 1 fully saturated rings. The molecule has 3 rings (SSSR count). The number of thioether (sulfide) groups is 1.